The molecule has 0 spiro atoms. The number of aliphatic hydroxyl groups excluding tert-OH is 1. The summed E-state index contributed by atoms with van der Waals surface area (Å²) in [6.45, 7) is 5.46. The van der Waals surface area contributed by atoms with Crippen molar-refractivity contribution in [3.05, 3.63) is 28.3 Å². The van der Waals surface area contributed by atoms with Gasteiger partial charge in [-0.15, -0.1) is 0 Å². The summed E-state index contributed by atoms with van der Waals surface area (Å²) in [6, 6.07) is 3.93. The zero-order valence-corrected chi connectivity index (χ0v) is 17.7. The Labute approximate surface area is 178 Å². The Kier molecular flexibility index (Phi) is 5.93. The van der Waals surface area contributed by atoms with Crippen molar-refractivity contribution in [3.8, 4) is 0 Å². The number of nitrogens with zero attached hydrogens (tertiary/aromatic N) is 5. The van der Waals surface area contributed by atoms with Crippen molar-refractivity contribution in [2.24, 2.45) is 0 Å². The van der Waals surface area contributed by atoms with Crippen molar-refractivity contribution in [3.63, 3.8) is 0 Å². The van der Waals surface area contributed by atoms with Gasteiger partial charge in [-0.2, -0.15) is 0 Å². The number of nitro groups is 1. The van der Waals surface area contributed by atoms with Crippen LogP contribution in [-0.4, -0.2) is 75.3 Å². The number of aliphatic hydroxyl groups is 1. The van der Waals surface area contributed by atoms with Crippen LogP contribution in [0.25, 0.3) is 11.0 Å². The highest BCUT2D eigenvalue weighted by atomic mass is 16.6. The molecular formula is C19H24N6O6. The van der Waals surface area contributed by atoms with Crippen molar-refractivity contribution in [1.29, 1.82) is 0 Å². The van der Waals surface area contributed by atoms with Crippen molar-refractivity contribution in [2.75, 3.05) is 37.0 Å². The summed E-state index contributed by atoms with van der Waals surface area (Å²) >= 11 is 0. The van der Waals surface area contributed by atoms with E-state index in [9.17, 15) is 19.7 Å². The number of hydrogen-bond acceptors (Lipinski definition) is 9. The van der Waals surface area contributed by atoms with Crippen LogP contribution >= 0.6 is 0 Å². The molecule has 2 heterocycles. The van der Waals surface area contributed by atoms with E-state index in [2.05, 4.69) is 15.3 Å². The van der Waals surface area contributed by atoms with Crippen molar-refractivity contribution >= 4 is 40.4 Å². The van der Waals surface area contributed by atoms with E-state index < -0.39 is 29.1 Å². The molecule has 1 aromatic heterocycles. The summed E-state index contributed by atoms with van der Waals surface area (Å²) in [5.41, 5.74) is -0.124. The molecule has 1 saturated heterocycles. The van der Waals surface area contributed by atoms with Gasteiger partial charge in [0.2, 0.25) is 0 Å². The minimum atomic E-state index is -0.752. The smallest absolute Gasteiger partial charge is 0.410 e. The van der Waals surface area contributed by atoms with Gasteiger partial charge in [0.15, 0.2) is 11.6 Å². The minimum Gasteiger partial charge on any atom is -0.444 e. The van der Waals surface area contributed by atoms with Crippen molar-refractivity contribution in [2.45, 2.75) is 32.4 Å². The zero-order chi connectivity index (χ0) is 22.9. The number of fused-ring (bicyclic) bond motifs is 1. The predicted octanol–water partition coefficient (Wildman–Crippen LogP) is 1.52. The fourth-order valence-electron chi connectivity index (χ4n) is 2.98. The summed E-state index contributed by atoms with van der Waals surface area (Å²) in [7, 11) is 1.65. The molecule has 31 heavy (non-hydrogen) atoms. The zero-order valence-electron chi connectivity index (χ0n) is 17.7. The van der Waals surface area contributed by atoms with E-state index in [0.29, 0.717) is 24.4 Å². The van der Waals surface area contributed by atoms with Gasteiger partial charge in [0.25, 0.3) is 11.6 Å². The van der Waals surface area contributed by atoms with Crippen molar-refractivity contribution in [1.82, 2.24) is 14.9 Å². The lowest BCUT2D eigenvalue weighted by molar-refractivity contribution is -0.384. The number of likely N-dealkylation sites (N-methyl/N-ethyl adjacent to an activating group) is 1. The highest BCUT2D eigenvalue weighted by Gasteiger charge is 2.36. The molecule has 12 nitrogen and oxygen atoms in total. The van der Waals surface area contributed by atoms with E-state index in [-0.39, 0.29) is 23.1 Å². The maximum Gasteiger partial charge on any atom is 0.410 e. The molecule has 0 radical (unpaired) electrons. The van der Waals surface area contributed by atoms with Gasteiger partial charge in [-0.25, -0.2) is 14.8 Å². The Morgan fingerprint density at radius 3 is 2.58 bits per heavy atom. The second-order valence-electron chi connectivity index (χ2n) is 8.18. The molecular weight excluding hydrogens is 408 g/mol. The topological polar surface area (TPSA) is 151 Å². The first-order valence-corrected chi connectivity index (χ1v) is 9.56. The van der Waals surface area contributed by atoms with Crippen LogP contribution in [-0.2, 0) is 9.53 Å². The third-order valence-corrected chi connectivity index (χ3v) is 4.63. The highest BCUT2D eigenvalue weighted by Crippen LogP contribution is 2.31. The van der Waals surface area contributed by atoms with Crippen LogP contribution in [0.3, 0.4) is 0 Å². The molecule has 2 aromatic rings. The summed E-state index contributed by atoms with van der Waals surface area (Å²) in [5.74, 6) is -0.273. The molecule has 166 valence electrons. The molecule has 0 bridgehead atoms. The SMILES string of the molecule is CN(C(=O)OC(C)(C)C)C1CN(c2nc3ccc([N+](=O)[O-])cc3nc2NC(=O)CO)C1. The van der Waals surface area contributed by atoms with Crippen LogP contribution in [0.2, 0.25) is 0 Å². The number of non-ortho nitro benzene ring substituents is 1. The second kappa shape index (κ2) is 8.30. The van der Waals surface area contributed by atoms with Gasteiger partial charge >= 0.3 is 6.09 Å². The number of carbonyl (C=O) groups excluding carboxylic acids is 2. The van der Waals surface area contributed by atoms with Gasteiger partial charge in [-0.1, -0.05) is 0 Å². The van der Waals surface area contributed by atoms with E-state index >= 15 is 0 Å². The van der Waals surface area contributed by atoms with Crippen molar-refractivity contribution < 1.29 is 24.4 Å². The lowest BCUT2D eigenvalue weighted by Gasteiger charge is -2.44. The van der Waals surface area contributed by atoms with E-state index in [1.54, 1.807) is 27.8 Å². The molecule has 0 saturated carbocycles. The molecule has 1 fully saturated rings. The fraction of sp³-hybridized carbons (Fsp3) is 0.474. The Morgan fingerprint density at radius 1 is 1.32 bits per heavy atom. The number of nitrogens with one attached hydrogen (secondary N) is 1. The lowest BCUT2D eigenvalue weighted by Crippen LogP contribution is -2.60. The molecule has 0 unspecified atom stereocenters. The summed E-state index contributed by atoms with van der Waals surface area (Å²) in [6.07, 6.45) is -0.442. The minimum absolute atomic E-state index is 0.0745. The first kappa shape index (κ1) is 22.2. The molecule has 1 aromatic carbocycles. The summed E-state index contributed by atoms with van der Waals surface area (Å²) in [4.78, 5) is 46.6. The first-order valence-electron chi connectivity index (χ1n) is 9.56. The Morgan fingerprint density at radius 2 is 2.00 bits per heavy atom. The summed E-state index contributed by atoms with van der Waals surface area (Å²) in [5, 5.41) is 22.6. The molecule has 3 rings (SSSR count). The number of rotatable bonds is 5. The van der Waals surface area contributed by atoms with Crippen LogP contribution in [0.15, 0.2) is 18.2 Å². The Bertz CT molecular complexity index is 1030. The van der Waals surface area contributed by atoms with Gasteiger partial charge in [-0.3, -0.25) is 14.9 Å². The van der Waals surface area contributed by atoms with Gasteiger partial charge in [0, 0.05) is 32.3 Å². The Hall–Kier alpha value is -3.54. The molecule has 12 heteroatoms. The molecule has 2 N–H and O–H groups in total. The average Bonchev–Trinajstić information content (AvgIpc) is 2.64. The van der Waals surface area contributed by atoms with Crippen LogP contribution < -0.4 is 10.2 Å². The summed E-state index contributed by atoms with van der Waals surface area (Å²) < 4.78 is 5.38. The number of nitro benzene ring substituents is 1. The number of hydrogen-bond donors (Lipinski definition) is 2. The van der Waals surface area contributed by atoms with E-state index in [1.807, 2.05) is 4.90 Å². The molecule has 2 amide bonds. The van der Waals surface area contributed by atoms with Crippen LogP contribution in [0.5, 0.6) is 0 Å². The van der Waals surface area contributed by atoms with E-state index in [1.165, 1.54) is 23.1 Å². The van der Waals surface area contributed by atoms with Gasteiger partial charge in [-0.05, 0) is 26.8 Å². The lowest BCUT2D eigenvalue weighted by atomic mass is 10.1. The monoisotopic (exact) mass is 432 g/mol. The number of anilines is 2. The van der Waals surface area contributed by atoms with Crippen LogP contribution in [0, 0.1) is 10.1 Å². The number of ether oxygens (including phenoxy) is 1. The Balaban J connectivity index is 1.85. The predicted molar refractivity (Wildman–Crippen MR) is 112 cm³/mol. The number of amides is 2. The number of aromatic nitrogens is 2. The molecule has 0 atom stereocenters. The maximum absolute atomic E-state index is 12.3. The molecule has 0 aliphatic carbocycles. The third kappa shape index (κ3) is 4.97. The molecule has 1 aliphatic rings. The van der Waals surface area contributed by atoms with Gasteiger partial charge in [0.1, 0.15) is 12.2 Å². The fourth-order valence-corrected chi connectivity index (χ4v) is 2.98. The van der Waals surface area contributed by atoms with Gasteiger partial charge in [0.05, 0.1) is 22.0 Å². The first-order chi connectivity index (χ1) is 14.5. The average molecular weight is 432 g/mol. The van der Waals surface area contributed by atoms with E-state index in [4.69, 9.17) is 9.84 Å². The molecule has 1 aliphatic heterocycles. The third-order valence-electron chi connectivity index (χ3n) is 4.63. The largest absolute Gasteiger partial charge is 0.444 e. The normalized spacial score (nSPS) is 14.2. The highest BCUT2D eigenvalue weighted by molar-refractivity contribution is 5.95. The number of benzene rings is 1. The maximum atomic E-state index is 12.3. The van der Waals surface area contributed by atoms with E-state index in [0.717, 1.165) is 0 Å². The standard InChI is InChI=1S/C19H24N6O6/c1-19(2,3)31-18(28)23(4)12-8-24(9-12)17-16(22-15(27)10-26)20-14-7-11(25(29)30)5-6-13(14)21-17/h5-7,12,26H,8-10H2,1-4H3,(H,20,22,27). The van der Waals surface area contributed by atoms with Crippen LogP contribution in [0.4, 0.5) is 22.1 Å². The van der Waals surface area contributed by atoms with Gasteiger partial charge < -0.3 is 25.0 Å². The second-order valence-corrected chi connectivity index (χ2v) is 8.18. The quantitative estimate of drug-likeness (QED) is 0.529. The number of carbonyl (C=O) groups is 2. The van der Waals surface area contributed by atoms with Crippen LogP contribution in [0.1, 0.15) is 20.8 Å².